The number of ether oxygens (including phenoxy) is 1. The molecule has 2 aliphatic rings. The standard InChI is InChI=1S/C24H29BrFN3O3/c1-32-22-15-17(14-19(25)23(22)30)16-27-8-6-18(7-9-27)24(31)29-12-10-28(11-13-29)21-5-3-2-4-20(21)26/h2-5,14-15,18,30H,6-13,16H2,1H3. The SMILES string of the molecule is COc1cc(CN2CCC(C(=O)N3CCN(c4ccccc4F)CC3)CC2)cc(Br)c1O. The molecule has 0 unspecified atom stereocenters. The number of likely N-dealkylation sites (tertiary alicyclic amines) is 1. The third kappa shape index (κ3) is 5.02. The summed E-state index contributed by atoms with van der Waals surface area (Å²) >= 11 is 3.38. The number of hydrogen-bond donors (Lipinski definition) is 1. The molecule has 1 amide bonds. The van der Waals surface area contributed by atoms with Gasteiger partial charge in [0.05, 0.1) is 17.3 Å². The molecule has 0 aromatic heterocycles. The molecule has 2 saturated heterocycles. The van der Waals surface area contributed by atoms with E-state index < -0.39 is 0 Å². The van der Waals surface area contributed by atoms with E-state index >= 15 is 0 Å². The molecule has 8 heteroatoms. The molecule has 0 saturated carbocycles. The van der Waals surface area contributed by atoms with E-state index in [2.05, 4.69) is 20.8 Å². The molecule has 0 atom stereocenters. The van der Waals surface area contributed by atoms with Crippen LogP contribution in [0.2, 0.25) is 0 Å². The van der Waals surface area contributed by atoms with E-state index in [1.807, 2.05) is 28.0 Å². The molecule has 0 bridgehead atoms. The molecule has 2 aromatic rings. The van der Waals surface area contributed by atoms with Gasteiger partial charge in [0.2, 0.25) is 5.91 Å². The molecule has 2 fully saturated rings. The fourth-order valence-electron chi connectivity index (χ4n) is 4.60. The number of benzene rings is 2. The van der Waals surface area contributed by atoms with Crippen molar-refractivity contribution in [2.75, 3.05) is 51.3 Å². The number of phenols is 1. The number of anilines is 1. The fraction of sp³-hybridized carbons (Fsp3) is 0.458. The van der Waals surface area contributed by atoms with Crippen LogP contribution in [0.3, 0.4) is 0 Å². The Bertz CT molecular complexity index is 958. The summed E-state index contributed by atoms with van der Waals surface area (Å²) in [6.45, 7) is 5.03. The van der Waals surface area contributed by atoms with Crippen LogP contribution in [-0.4, -0.2) is 67.2 Å². The highest BCUT2D eigenvalue weighted by Crippen LogP contribution is 2.36. The summed E-state index contributed by atoms with van der Waals surface area (Å²) in [4.78, 5) is 19.4. The summed E-state index contributed by atoms with van der Waals surface area (Å²) in [6.07, 6.45) is 1.67. The van der Waals surface area contributed by atoms with Gasteiger partial charge in [0.15, 0.2) is 11.5 Å². The maximum Gasteiger partial charge on any atom is 0.225 e. The predicted molar refractivity (Wildman–Crippen MR) is 126 cm³/mol. The summed E-state index contributed by atoms with van der Waals surface area (Å²) in [5, 5.41) is 9.99. The van der Waals surface area contributed by atoms with Gasteiger partial charge in [-0.1, -0.05) is 12.1 Å². The molecular weight excluding hydrogens is 477 g/mol. The molecular formula is C24H29BrFN3O3. The zero-order valence-electron chi connectivity index (χ0n) is 18.3. The average molecular weight is 506 g/mol. The maximum absolute atomic E-state index is 14.0. The first-order valence-electron chi connectivity index (χ1n) is 11.0. The average Bonchev–Trinajstić information content (AvgIpc) is 2.82. The number of carbonyl (C=O) groups excluding carboxylic acids is 1. The number of piperidine rings is 1. The largest absolute Gasteiger partial charge is 0.503 e. The molecule has 32 heavy (non-hydrogen) atoms. The number of piperazine rings is 1. The van der Waals surface area contributed by atoms with E-state index in [4.69, 9.17) is 4.74 Å². The number of hydrogen-bond acceptors (Lipinski definition) is 5. The maximum atomic E-state index is 14.0. The normalized spacial score (nSPS) is 18.1. The van der Waals surface area contributed by atoms with Crippen molar-refractivity contribution in [3.63, 3.8) is 0 Å². The van der Waals surface area contributed by atoms with Crippen LogP contribution in [0, 0.1) is 11.7 Å². The third-order valence-electron chi connectivity index (χ3n) is 6.44. The Morgan fingerprint density at radius 1 is 1.12 bits per heavy atom. The summed E-state index contributed by atoms with van der Waals surface area (Å²) in [7, 11) is 1.54. The van der Waals surface area contributed by atoms with Crippen molar-refractivity contribution in [1.29, 1.82) is 0 Å². The zero-order chi connectivity index (χ0) is 22.7. The van der Waals surface area contributed by atoms with E-state index in [-0.39, 0.29) is 23.4 Å². The van der Waals surface area contributed by atoms with E-state index in [9.17, 15) is 14.3 Å². The second-order valence-corrected chi connectivity index (χ2v) is 9.30. The predicted octanol–water partition coefficient (Wildman–Crippen LogP) is 3.86. The van der Waals surface area contributed by atoms with Gasteiger partial charge in [-0.25, -0.2) is 4.39 Å². The first-order valence-corrected chi connectivity index (χ1v) is 11.8. The monoisotopic (exact) mass is 505 g/mol. The van der Waals surface area contributed by atoms with Gasteiger partial charge >= 0.3 is 0 Å². The van der Waals surface area contributed by atoms with Gasteiger partial charge in [-0.15, -0.1) is 0 Å². The molecule has 6 nitrogen and oxygen atoms in total. The summed E-state index contributed by atoms with van der Waals surface area (Å²) in [5.74, 6) is 0.627. The first-order chi connectivity index (χ1) is 15.5. The van der Waals surface area contributed by atoms with E-state index in [0.717, 1.165) is 38.0 Å². The minimum absolute atomic E-state index is 0.0485. The molecule has 4 rings (SSSR count). The Hall–Kier alpha value is -2.32. The van der Waals surface area contributed by atoms with Crippen LogP contribution in [0.25, 0.3) is 0 Å². The Labute approximate surface area is 196 Å². The van der Waals surface area contributed by atoms with Crippen LogP contribution in [-0.2, 0) is 11.3 Å². The van der Waals surface area contributed by atoms with Crippen molar-refractivity contribution >= 4 is 27.5 Å². The minimum Gasteiger partial charge on any atom is -0.503 e. The van der Waals surface area contributed by atoms with Gasteiger partial charge in [-0.2, -0.15) is 0 Å². The Morgan fingerprint density at radius 3 is 2.47 bits per heavy atom. The van der Waals surface area contributed by atoms with Crippen LogP contribution < -0.4 is 9.64 Å². The lowest BCUT2D eigenvalue weighted by molar-refractivity contribution is -0.137. The van der Waals surface area contributed by atoms with Crippen molar-refractivity contribution in [3.05, 3.63) is 52.3 Å². The van der Waals surface area contributed by atoms with Crippen molar-refractivity contribution < 1.29 is 19.0 Å². The molecule has 0 radical (unpaired) electrons. The molecule has 0 aliphatic carbocycles. The molecule has 0 spiro atoms. The number of nitrogens with zero attached hydrogens (tertiary/aromatic N) is 3. The number of carbonyl (C=O) groups is 1. The first kappa shape index (κ1) is 22.9. The van der Waals surface area contributed by atoms with Crippen molar-refractivity contribution in [2.45, 2.75) is 19.4 Å². The molecule has 1 N–H and O–H groups in total. The van der Waals surface area contributed by atoms with E-state index in [0.29, 0.717) is 42.1 Å². The van der Waals surface area contributed by atoms with Crippen molar-refractivity contribution in [1.82, 2.24) is 9.80 Å². The number of aromatic hydroxyl groups is 1. The summed E-state index contributed by atoms with van der Waals surface area (Å²) in [6, 6.07) is 10.6. The van der Waals surface area contributed by atoms with Crippen LogP contribution in [0.15, 0.2) is 40.9 Å². The molecule has 2 aromatic carbocycles. The van der Waals surface area contributed by atoms with Gasteiger partial charge in [-0.05, 0) is 71.7 Å². The lowest BCUT2D eigenvalue weighted by Gasteiger charge is -2.39. The van der Waals surface area contributed by atoms with Crippen molar-refractivity contribution in [3.8, 4) is 11.5 Å². The van der Waals surface area contributed by atoms with Crippen LogP contribution in [0.4, 0.5) is 10.1 Å². The number of para-hydroxylation sites is 1. The highest BCUT2D eigenvalue weighted by Gasteiger charge is 2.31. The lowest BCUT2D eigenvalue weighted by Crippen LogP contribution is -2.51. The Balaban J connectivity index is 1.27. The summed E-state index contributed by atoms with van der Waals surface area (Å²) < 4.78 is 19.9. The van der Waals surface area contributed by atoms with Gasteiger partial charge in [0.25, 0.3) is 0 Å². The minimum atomic E-state index is -0.210. The van der Waals surface area contributed by atoms with Crippen LogP contribution in [0.5, 0.6) is 11.5 Å². The van der Waals surface area contributed by atoms with Crippen molar-refractivity contribution in [2.24, 2.45) is 5.92 Å². The fourth-order valence-corrected chi connectivity index (χ4v) is 5.09. The highest BCUT2D eigenvalue weighted by atomic mass is 79.9. The topological polar surface area (TPSA) is 56.2 Å². The Morgan fingerprint density at radius 2 is 1.81 bits per heavy atom. The van der Waals surface area contributed by atoms with E-state index in [1.54, 1.807) is 19.2 Å². The lowest BCUT2D eigenvalue weighted by atomic mass is 9.94. The van der Waals surface area contributed by atoms with Gasteiger partial charge in [-0.3, -0.25) is 9.69 Å². The van der Waals surface area contributed by atoms with Gasteiger partial charge < -0.3 is 19.6 Å². The number of rotatable bonds is 5. The van der Waals surface area contributed by atoms with Gasteiger partial charge in [0, 0.05) is 38.6 Å². The van der Waals surface area contributed by atoms with Gasteiger partial charge in [0.1, 0.15) is 5.82 Å². The molecule has 2 aliphatic heterocycles. The number of methoxy groups -OCH3 is 1. The second-order valence-electron chi connectivity index (χ2n) is 8.44. The van der Waals surface area contributed by atoms with E-state index in [1.165, 1.54) is 6.07 Å². The third-order valence-corrected chi connectivity index (χ3v) is 7.04. The molecule has 172 valence electrons. The highest BCUT2D eigenvalue weighted by molar-refractivity contribution is 9.10. The smallest absolute Gasteiger partial charge is 0.225 e. The number of amides is 1. The number of phenolic OH excluding ortho intramolecular Hbond substituents is 1. The van der Waals surface area contributed by atoms with Crippen LogP contribution >= 0.6 is 15.9 Å². The number of halogens is 2. The second kappa shape index (κ2) is 10.1. The van der Waals surface area contributed by atoms with Crippen LogP contribution in [0.1, 0.15) is 18.4 Å². The molecule has 2 heterocycles. The zero-order valence-corrected chi connectivity index (χ0v) is 19.9. The Kier molecular flexibility index (Phi) is 7.20. The summed E-state index contributed by atoms with van der Waals surface area (Å²) in [5.41, 5.74) is 1.67. The quantitative estimate of drug-likeness (QED) is 0.668.